The summed E-state index contributed by atoms with van der Waals surface area (Å²) >= 11 is 0. The maximum absolute atomic E-state index is 12.9. The maximum atomic E-state index is 12.9. The molecule has 2 N–H and O–H groups in total. The molecule has 0 saturated heterocycles. The molecule has 17 heavy (non-hydrogen) atoms. The average molecular weight is 232 g/mol. The van der Waals surface area contributed by atoms with Crippen LogP contribution in [0, 0.1) is 28.5 Å². The van der Waals surface area contributed by atoms with Gasteiger partial charge in [0.25, 0.3) is 5.91 Å². The molecule has 86 valence electrons. The standard InChI is InChI=1S/C11H9FN4O/c12-9-2-1-8(7-10(9)15)11(17)16(5-3-13)6-4-14/h1-2,7H,5-6,15H2. The molecule has 0 radical (unpaired) electrons. The zero-order valence-corrected chi connectivity index (χ0v) is 8.85. The molecule has 0 saturated carbocycles. The third-order valence-electron chi connectivity index (χ3n) is 2.05. The molecular weight excluding hydrogens is 223 g/mol. The third-order valence-corrected chi connectivity index (χ3v) is 2.05. The first-order valence-corrected chi connectivity index (χ1v) is 4.68. The summed E-state index contributed by atoms with van der Waals surface area (Å²) in [7, 11) is 0. The van der Waals surface area contributed by atoms with Crippen molar-refractivity contribution in [1.29, 1.82) is 10.5 Å². The predicted octanol–water partition coefficient (Wildman–Crippen LogP) is 0.897. The minimum absolute atomic E-state index is 0.148. The van der Waals surface area contributed by atoms with Crippen molar-refractivity contribution in [3.8, 4) is 12.1 Å². The van der Waals surface area contributed by atoms with Crippen molar-refractivity contribution in [2.24, 2.45) is 0 Å². The molecule has 0 aliphatic carbocycles. The molecule has 0 spiro atoms. The van der Waals surface area contributed by atoms with E-state index in [1.807, 2.05) is 0 Å². The molecule has 0 heterocycles. The molecule has 1 aromatic rings. The summed E-state index contributed by atoms with van der Waals surface area (Å²) in [5.74, 6) is -1.14. The van der Waals surface area contributed by atoms with E-state index in [1.54, 1.807) is 12.1 Å². The lowest BCUT2D eigenvalue weighted by molar-refractivity contribution is 0.0794. The van der Waals surface area contributed by atoms with Gasteiger partial charge in [0.1, 0.15) is 18.9 Å². The van der Waals surface area contributed by atoms with Gasteiger partial charge in [0.05, 0.1) is 17.8 Å². The van der Waals surface area contributed by atoms with Gasteiger partial charge in [-0.1, -0.05) is 0 Å². The van der Waals surface area contributed by atoms with Gasteiger partial charge < -0.3 is 10.6 Å². The van der Waals surface area contributed by atoms with E-state index < -0.39 is 11.7 Å². The van der Waals surface area contributed by atoms with E-state index in [0.717, 1.165) is 11.0 Å². The van der Waals surface area contributed by atoms with E-state index in [9.17, 15) is 9.18 Å². The van der Waals surface area contributed by atoms with Crippen molar-refractivity contribution >= 4 is 11.6 Å². The molecular formula is C11H9FN4O. The number of nitrogens with zero attached hydrogens (tertiary/aromatic N) is 3. The van der Waals surface area contributed by atoms with Gasteiger partial charge in [-0.2, -0.15) is 10.5 Å². The first-order chi connectivity index (χ1) is 8.10. The van der Waals surface area contributed by atoms with Gasteiger partial charge in [0.2, 0.25) is 0 Å². The molecule has 0 aliphatic heterocycles. The lowest BCUT2D eigenvalue weighted by atomic mass is 10.1. The van der Waals surface area contributed by atoms with Crippen molar-refractivity contribution < 1.29 is 9.18 Å². The molecule has 0 bridgehead atoms. The van der Waals surface area contributed by atoms with Gasteiger partial charge >= 0.3 is 0 Å². The van der Waals surface area contributed by atoms with Crippen LogP contribution >= 0.6 is 0 Å². The average Bonchev–Trinajstić information content (AvgIpc) is 2.31. The van der Waals surface area contributed by atoms with Crippen LogP contribution in [0.4, 0.5) is 10.1 Å². The van der Waals surface area contributed by atoms with Crippen molar-refractivity contribution in [1.82, 2.24) is 4.90 Å². The van der Waals surface area contributed by atoms with E-state index in [1.165, 1.54) is 12.1 Å². The van der Waals surface area contributed by atoms with Crippen molar-refractivity contribution in [3.63, 3.8) is 0 Å². The lowest BCUT2D eigenvalue weighted by Gasteiger charge is -2.15. The Morgan fingerprint density at radius 1 is 1.35 bits per heavy atom. The number of hydrogen-bond acceptors (Lipinski definition) is 4. The molecule has 6 heteroatoms. The Balaban J connectivity index is 2.98. The molecule has 5 nitrogen and oxygen atoms in total. The van der Waals surface area contributed by atoms with Gasteiger partial charge in [0, 0.05) is 5.56 Å². The number of anilines is 1. The Labute approximate surface area is 97.5 Å². The number of nitrogens with two attached hydrogens (primary N) is 1. The Morgan fingerprint density at radius 3 is 2.41 bits per heavy atom. The molecule has 1 aromatic carbocycles. The summed E-state index contributed by atoms with van der Waals surface area (Å²) in [5, 5.41) is 17.0. The Bertz CT molecular complexity index is 499. The van der Waals surface area contributed by atoms with Crippen LogP contribution in [0.2, 0.25) is 0 Å². The summed E-state index contributed by atoms with van der Waals surface area (Å²) < 4.78 is 12.9. The lowest BCUT2D eigenvalue weighted by Crippen LogP contribution is -2.31. The van der Waals surface area contributed by atoms with E-state index in [2.05, 4.69) is 0 Å². The van der Waals surface area contributed by atoms with Gasteiger partial charge in [-0.05, 0) is 18.2 Å². The minimum Gasteiger partial charge on any atom is -0.396 e. The van der Waals surface area contributed by atoms with E-state index in [-0.39, 0.29) is 24.3 Å². The minimum atomic E-state index is -0.617. The molecule has 0 aromatic heterocycles. The molecule has 1 rings (SSSR count). The molecule has 0 unspecified atom stereocenters. The Morgan fingerprint density at radius 2 is 1.94 bits per heavy atom. The largest absolute Gasteiger partial charge is 0.396 e. The fraction of sp³-hybridized carbons (Fsp3) is 0.182. The second-order valence-electron chi connectivity index (χ2n) is 3.21. The number of hydrogen-bond donors (Lipinski definition) is 1. The van der Waals surface area contributed by atoms with Crippen LogP contribution < -0.4 is 5.73 Å². The molecule has 1 amide bonds. The highest BCUT2D eigenvalue weighted by Gasteiger charge is 2.16. The van der Waals surface area contributed by atoms with Gasteiger partial charge in [-0.25, -0.2) is 4.39 Å². The number of nitriles is 2. The third kappa shape index (κ3) is 2.93. The zero-order chi connectivity index (χ0) is 12.8. The SMILES string of the molecule is N#CCN(CC#N)C(=O)c1ccc(F)c(N)c1. The number of nitrogen functional groups attached to an aromatic ring is 1. The maximum Gasteiger partial charge on any atom is 0.255 e. The Hall–Kier alpha value is -2.60. The number of rotatable bonds is 3. The summed E-state index contributed by atoms with van der Waals surface area (Å²) in [5.41, 5.74) is 5.33. The molecule has 0 aliphatic rings. The summed E-state index contributed by atoms with van der Waals surface area (Å²) in [4.78, 5) is 12.9. The Kier molecular flexibility index (Phi) is 4.02. The van der Waals surface area contributed by atoms with E-state index >= 15 is 0 Å². The summed E-state index contributed by atoms with van der Waals surface area (Å²) in [6.45, 7) is -0.409. The predicted molar refractivity (Wildman–Crippen MR) is 57.9 cm³/mol. The topological polar surface area (TPSA) is 93.9 Å². The number of carbonyl (C=O) groups excluding carboxylic acids is 1. The highest BCUT2D eigenvalue weighted by molar-refractivity contribution is 5.95. The number of benzene rings is 1. The fourth-order valence-electron chi connectivity index (χ4n) is 1.23. The van der Waals surface area contributed by atoms with Crippen molar-refractivity contribution in [2.75, 3.05) is 18.8 Å². The first-order valence-electron chi connectivity index (χ1n) is 4.68. The highest BCUT2D eigenvalue weighted by atomic mass is 19.1. The number of amides is 1. The second kappa shape index (κ2) is 5.47. The quantitative estimate of drug-likeness (QED) is 0.618. The van der Waals surface area contributed by atoms with Crippen LogP contribution in [0.15, 0.2) is 18.2 Å². The smallest absolute Gasteiger partial charge is 0.255 e. The van der Waals surface area contributed by atoms with Crippen LogP contribution in [-0.4, -0.2) is 23.9 Å². The van der Waals surface area contributed by atoms with E-state index in [4.69, 9.17) is 16.3 Å². The van der Waals surface area contributed by atoms with Gasteiger partial charge in [-0.3, -0.25) is 4.79 Å². The number of halogens is 1. The first kappa shape index (κ1) is 12.5. The summed E-state index contributed by atoms with van der Waals surface area (Å²) in [6.07, 6.45) is 0. The summed E-state index contributed by atoms with van der Waals surface area (Å²) in [6, 6.07) is 7.06. The monoisotopic (exact) mass is 232 g/mol. The van der Waals surface area contributed by atoms with Gasteiger partial charge in [-0.15, -0.1) is 0 Å². The van der Waals surface area contributed by atoms with Crippen LogP contribution in [0.3, 0.4) is 0 Å². The van der Waals surface area contributed by atoms with Crippen molar-refractivity contribution in [2.45, 2.75) is 0 Å². The number of carbonyl (C=O) groups is 1. The fourth-order valence-corrected chi connectivity index (χ4v) is 1.23. The van der Waals surface area contributed by atoms with Gasteiger partial charge in [0.15, 0.2) is 0 Å². The van der Waals surface area contributed by atoms with Crippen molar-refractivity contribution in [3.05, 3.63) is 29.6 Å². The van der Waals surface area contributed by atoms with Crippen LogP contribution in [0.5, 0.6) is 0 Å². The van der Waals surface area contributed by atoms with Crippen LogP contribution in [0.1, 0.15) is 10.4 Å². The molecule has 0 fully saturated rings. The second-order valence-corrected chi connectivity index (χ2v) is 3.21. The van der Waals surface area contributed by atoms with E-state index in [0.29, 0.717) is 0 Å². The molecule has 0 atom stereocenters. The normalized spacial score (nSPS) is 9.12. The zero-order valence-electron chi connectivity index (χ0n) is 8.85. The highest BCUT2D eigenvalue weighted by Crippen LogP contribution is 2.13. The van der Waals surface area contributed by atoms with Crippen LogP contribution in [-0.2, 0) is 0 Å². The van der Waals surface area contributed by atoms with Crippen LogP contribution in [0.25, 0.3) is 0 Å².